The van der Waals surface area contributed by atoms with Gasteiger partial charge in [0, 0.05) is 35.8 Å². The van der Waals surface area contributed by atoms with Crippen LogP contribution in [0.25, 0.3) is 11.1 Å². The minimum Gasteiger partial charge on any atom is -0.507 e. The molecule has 0 radical (unpaired) electrons. The van der Waals surface area contributed by atoms with Crippen LogP contribution in [0.2, 0.25) is 0 Å². The van der Waals surface area contributed by atoms with Crippen molar-refractivity contribution in [2.45, 2.75) is 32.0 Å². The third-order valence-electron chi connectivity index (χ3n) is 7.40. The topological polar surface area (TPSA) is 89.9 Å². The molecule has 1 unspecified atom stereocenters. The number of hydrogen-bond donors (Lipinski definition) is 3. The number of carbonyl (C=O) groups excluding carboxylic acids is 2. The van der Waals surface area contributed by atoms with E-state index in [4.69, 9.17) is 0 Å². The maximum atomic E-state index is 13.6. The number of nitrogens with one attached hydrogen (secondary N) is 1. The first-order valence-corrected chi connectivity index (χ1v) is 13.3. The number of carbonyl (C=O) groups is 2. The van der Waals surface area contributed by atoms with Crippen LogP contribution >= 0.6 is 0 Å². The van der Waals surface area contributed by atoms with Gasteiger partial charge < -0.3 is 15.5 Å². The average Bonchev–Trinajstić information content (AvgIpc) is 3.44. The molecule has 0 spiro atoms. The molecule has 1 amide bonds. The van der Waals surface area contributed by atoms with E-state index in [9.17, 15) is 19.8 Å². The number of aromatic hydroxyl groups is 1. The molecule has 1 aliphatic heterocycles. The highest BCUT2D eigenvalue weighted by Gasteiger charge is 2.24. The fraction of sp³-hybridized carbons (Fsp3) is 0.212. The van der Waals surface area contributed by atoms with Gasteiger partial charge in [-0.05, 0) is 60.3 Å². The molecule has 198 valence electrons. The molecule has 3 N–H and O–H groups in total. The van der Waals surface area contributed by atoms with Crippen LogP contribution in [-0.2, 0) is 13.1 Å². The number of phenolic OH excluding ortho intramolecular Hbond substituents is 1. The molecule has 1 saturated heterocycles. The Balaban J connectivity index is 1.34. The third kappa shape index (κ3) is 5.93. The molecular weight excluding hydrogens is 488 g/mol. The Bertz CT molecular complexity index is 1470. The van der Waals surface area contributed by atoms with Gasteiger partial charge in [-0.15, -0.1) is 0 Å². The van der Waals surface area contributed by atoms with Gasteiger partial charge in [-0.1, -0.05) is 72.8 Å². The van der Waals surface area contributed by atoms with Gasteiger partial charge in [-0.25, -0.2) is 0 Å². The number of aliphatic hydroxyl groups excluding tert-OH is 1. The largest absolute Gasteiger partial charge is 0.507 e. The predicted molar refractivity (Wildman–Crippen MR) is 152 cm³/mol. The standard InChI is InChI=1S/C33H32N2O4/c36-22-27-13-8-18-35(27)21-26-12-5-4-11-25(26)20-34-33(39)29-15-7-6-14-28(29)32(38)24-16-17-31(37)30(19-24)23-9-2-1-3-10-23/h1-7,9-12,14-17,19,27,36-37H,8,13,18,20-22H2,(H,34,39). The van der Waals surface area contributed by atoms with E-state index >= 15 is 0 Å². The summed E-state index contributed by atoms with van der Waals surface area (Å²) < 4.78 is 0. The number of amides is 1. The van der Waals surface area contributed by atoms with Crippen molar-refractivity contribution in [2.24, 2.45) is 0 Å². The van der Waals surface area contributed by atoms with Gasteiger partial charge in [0.05, 0.1) is 12.2 Å². The van der Waals surface area contributed by atoms with Crippen molar-refractivity contribution >= 4 is 11.7 Å². The van der Waals surface area contributed by atoms with Crippen LogP contribution in [0, 0.1) is 0 Å². The average molecular weight is 521 g/mol. The van der Waals surface area contributed by atoms with Crippen LogP contribution in [0.4, 0.5) is 0 Å². The van der Waals surface area contributed by atoms with Gasteiger partial charge in [0.1, 0.15) is 5.75 Å². The zero-order valence-corrected chi connectivity index (χ0v) is 21.7. The highest BCUT2D eigenvalue weighted by Crippen LogP contribution is 2.31. The van der Waals surface area contributed by atoms with E-state index in [2.05, 4.69) is 16.3 Å². The number of aliphatic hydroxyl groups is 1. The zero-order valence-electron chi connectivity index (χ0n) is 21.7. The molecule has 39 heavy (non-hydrogen) atoms. The van der Waals surface area contributed by atoms with E-state index in [-0.39, 0.29) is 30.1 Å². The summed E-state index contributed by atoms with van der Waals surface area (Å²) >= 11 is 0. The van der Waals surface area contributed by atoms with Crippen molar-refractivity contribution in [2.75, 3.05) is 13.2 Å². The van der Waals surface area contributed by atoms with Crippen molar-refractivity contribution in [3.05, 3.63) is 125 Å². The number of rotatable bonds is 9. The quantitative estimate of drug-likeness (QED) is 0.265. The van der Waals surface area contributed by atoms with Gasteiger partial charge in [0.25, 0.3) is 5.91 Å². The molecule has 4 aromatic carbocycles. The second-order valence-electron chi connectivity index (χ2n) is 9.87. The Hall–Kier alpha value is -4.26. The first-order valence-electron chi connectivity index (χ1n) is 13.3. The van der Waals surface area contributed by atoms with Crippen molar-refractivity contribution < 1.29 is 19.8 Å². The lowest BCUT2D eigenvalue weighted by molar-refractivity contribution is 0.0939. The molecule has 6 nitrogen and oxygen atoms in total. The van der Waals surface area contributed by atoms with Crippen molar-refractivity contribution in [1.29, 1.82) is 0 Å². The molecule has 0 aliphatic carbocycles. The number of nitrogens with zero attached hydrogens (tertiary/aromatic N) is 1. The van der Waals surface area contributed by atoms with Crippen LogP contribution in [-0.4, -0.2) is 46.0 Å². The fourth-order valence-electron chi connectivity index (χ4n) is 5.24. The van der Waals surface area contributed by atoms with Crippen LogP contribution in [0.3, 0.4) is 0 Å². The van der Waals surface area contributed by atoms with E-state index < -0.39 is 0 Å². The predicted octanol–water partition coefficient (Wildman–Crippen LogP) is 5.18. The first kappa shape index (κ1) is 26.4. The molecule has 1 atom stereocenters. The Labute approximate surface area is 228 Å². The second-order valence-corrected chi connectivity index (χ2v) is 9.87. The van der Waals surface area contributed by atoms with Crippen LogP contribution in [0.15, 0.2) is 97.1 Å². The minimum absolute atomic E-state index is 0.0849. The van der Waals surface area contributed by atoms with Crippen LogP contribution in [0.1, 0.15) is 50.2 Å². The summed E-state index contributed by atoms with van der Waals surface area (Å²) in [5, 5.41) is 23.1. The van der Waals surface area contributed by atoms with E-state index in [1.807, 2.05) is 48.5 Å². The Morgan fingerprint density at radius 1 is 0.846 bits per heavy atom. The summed E-state index contributed by atoms with van der Waals surface area (Å²) in [4.78, 5) is 29.2. The Morgan fingerprint density at radius 2 is 1.54 bits per heavy atom. The summed E-state index contributed by atoms with van der Waals surface area (Å²) in [6.45, 7) is 2.14. The van der Waals surface area contributed by atoms with Gasteiger partial charge in [-0.2, -0.15) is 0 Å². The van der Waals surface area contributed by atoms with E-state index in [1.165, 1.54) is 6.07 Å². The molecule has 1 fully saturated rings. The summed E-state index contributed by atoms with van der Waals surface area (Å²) in [5.74, 6) is -0.533. The van der Waals surface area contributed by atoms with Crippen molar-refractivity contribution in [1.82, 2.24) is 10.2 Å². The number of likely N-dealkylation sites (tertiary alicyclic amines) is 1. The lowest BCUT2D eigenvalue weighted by Crippen LogP contribution is -2.32. The third-order valence-corrected chi connectivity index (χ3v) is 7.40. The molecule has 0 bridgehead atoms. The van der Waals surface area contributed by atoms with Gasteiger partial charge in [-0.3, -0.25) is 14.5 Å². The lowest BCUT2D eigenvalue weighted by Gasteiger charge is -2.24. The van der Waals surface area contributed by atoms with E-state index in [1.54, 1.807) is 36.4 Å². The highest BCUT2D eigenvalue weighted by atomic mass is 16.3. The van der Waals surface area contributed by atoms with E-state index in [0.29, 0.717) is 28.8 Å². The SMILES string of the molecule is O=C(NCc1ccccc1CN1CCCC1CO)c1ccccc1C(=O)c1ccc(O)c(-c2ccccc2)c1. The van der Waals surface area contributed by atoms with Gasteiger partial charge in [0.2, 0.25) is 0 Å². The maximum absolute atomic E-state index is 13.6. The molecule has 0 saturated carbocycles. The first-order chi connectivity index (χ1) is 19.0. The van der Waals surface area contributed by atoms with Gasteiger partial charge in [0.15, 0.2) is 5.78 Å². The van der Waals surface area contributed by atoms with Crippen LogP contribution < -0.4 is 5.32 Å². The summed E-state index contributed by atoms with van der Waals surface area (Å²) in [6, 6.07) is 29.1. The number of phenols is 1. The second kappa shape index (κ2) is 12.1. The molecule has 0 aromatic heterocycles. The Kier molecular flexibility index (Phi) is 8.16. The van der Waals surface area contributed by atoms with E-state index in [0.717, 1.165) is 42.6 Å². The normalized spacial score (nSPS) is 15.3. The number of ketones is 1. The molecule has 1 aliphatic rings. The highest BCUT2D eigenvalue weighted by molar-refractivity contribution is 6.15. The minimum atomic E-state index is -0.328. The lowest BCUT2D eigenvalue weighted by atomic mass is 9.94. The zero-order chi connectivity index (χ0) is 27.2. The summed E-state index contributed by atoms with van der Waals surface area (Å²) in [6.07, 6.45) is 2.07. The molecule has 4 aromatic rings. The monoisotopic (exact) mass is 520 g/mol. The maximum Gasteiger partial charge on any atom is 0.252 e. The van der Waals surface area contributed by atoms with Crippen molar-refractivity contribution in [3.8, 4) is 16.9 Å². The molecular formula is C33H32N2O4. The number of benzene rings is 4. The smallest absolute Gasteiger partial charge is 0.252 e. The number of hydrogen-bond acceptors (Lipinski definition) is 5. The van der Waals surface area contributed by atoms with Gasteiger partial charge >= 0.3 is 0 Å². The van der Waals surface area contributed by atoms with Crippen LogP contribution in [0.5, 0.6) is 5.75 Å². The molecule has 6 heteroatoms. The molecule has 5 rings (SSSR count). The Morgan fingerprint density at radius 3 is 2.31 bits per heavy atom. The summed E-state index contributed by atoms with van der Waals surface area (Å²) in [7, 11) is 0. The fourth-order valence-corrected chi connectivity index (χ4v) is 5.24. The van der Waals surface area contributed by atoms with Crippen molar-refractivity contribution in [3.63, 3.8) is 0 Å². The molecule has 1 heterocycles. The summed E-state index contributed by atoms with van der Waals surface area (Å²) in [5.41, 5.74) is 4.46.